The number of hydrogen-bond acceptors (Lipinski definition) is 3. The molecule has 0 radical (unpaired) electrons. The minimum absolute atomic E-state index is 0.0274. The second-order valence-electron chi connectivity index (χ2n) is 5.59. The van der Waals surface area contributed by atoms with Gasteiger partial charge in [-0.15, -0.1) is 0 Å². The molecule has 0 unspecified atom stereocenters. The Hall–Kier alpha value is -2.04. The number of ether oxygens (including phenoxy) is 1. The lowest BCUT2D eigenvalue weighted by atomic mass is 9.80. The largest absolute Gasteiger partial charge is 0.481 e. The summed E-state index contributed by atoms with van der Waals surface area (Å²) in [6.07, 6.45) is 2.45. The minimum atomic E-state index is -0.780. The van der Waals surface area contributed by atoms with Gasteiger partial charge in [0.2, 0.25) is 0 Å². The van der Waals surface area contributed by atoms with Gasteiger partial charge in [-0.05, 0) is 25.0 Å². The fraction of sp³-hybridized carbons (Fsp3) is 0.467. The van der Waals surface area contributed by atoms with Crippen molar-refractivity contribution in [1.29, 1.82) is 0 Å². The normalized spacial score (nSPS) is 26.2. The first-order valence-electron chi connectivity index (χ1n) is 6.87. The van der Waals surface area contributed by atoms with E-state index in [4.69, 9.17) is 9.84 Å². The third kappa shape index (κ3) is 2.48. The highest BCUT2D eigenvalue weighted by Gasteiger charge is 2.54. The zero-order valence-electron chi connectivity index (χ0n) is 11.0. The Morgan fingerprint density at radius 3 is 2.40 bits per heavy atom. The number of carboxylic acid groups (broad SMARTS) is 1. The number of benzene rings is 1. The molecule has 1 amide bonds. The highest BCUT2D eigenvalue weighted by Crippen LogP contribution is 2.41. The van der Waals surface area contributed by atoms with Gasteiger partial charge in [0.05, 0.1) is 5.92 Å². The van der Waals surface area contributed by atoms with Crippen molar-refractivity contribution < 1.29 is 19.4 Å². The summed E-state index contributed by atoms with van der Waals surface area (Å²) in [6.45, 7) is 0. The van der Waals surface area contributed by atoms with Crippen LogP contribution < -0.4 is 10.1 Å². The average Bonchev–Trinajstić information content (AvgIpc) is 3.14. The second-order valence-corrected chi connectivity index (χ2v) is 5.59. The number of carboxylic acids is 1. The molecule has 2 N–H and O–H groups in total. The van der Waals surface area contributed by atoms with Crippen LogP contribution in [0.3, 0.4) is 0 Å². The number of nitrogens with one attached hydrogen (secondary N) is 1. The van der Waals surface area contributed by atoms with Gasteiger partial charge in [0.25, 0.3) is 5.91 Å². The molecule has 0 aliphatic heterocycles. The van der Waals surface area contributed by atoms with Crippen molar-refractivity contribution in [3.8, 4) is 5.75 Å². The molecule has 0 aromatic heterocycles. The standard InChI is InChI=1S/C15H17NO4/c17-13(18)10-8-11(9-10)16-14(19)15(6-7-15)20-12-4-2-1-3-5-12/h1-5,10-11H,6-9H2,(H,16,19)(H,17,18). The van der Waals surface area contributed by atoms with Gasteiger partial charge in [-0.1, -0.05) is 18.2 Å². The number of carbonyl (C=O) groups excluding carboxylic acids is 1. The van der Waals surface area contributed by atoms with E-state index in [-0.39, 0.29) is 17.9 Å². The van der Waals surface area contributed by atoms with Crippen molar-refractivity contribution in [2.75, 3.05) is 0 Å². The van der Waals surface area contributed by atoms with Gasteiger partial charge >= 0.3 is 5.97 Å². The lowest BCUT2D eigenvalue weighted by Crippen LogP contribution is -2.51. The molecule has 1 aromatic rings. The minimum Gasteiger partial charge on any atom is -0.481 e. The van der Waals surface area contributed by atoms with Crippen molar-refractivity contribution in [2.45, 2.75) is 37.3 Å². The van der Waals surface area contributed by atoms with Gasteiger partial charge < -0.3 is 15.2 Å². The fourth-order valence-electron chi connectivity index (χ4n) is 2.46. The highest BCUT2D eigenvalue weighted by atomic mass is 16.5. The quantitative estimate of drug-likeness (QED) is 0.855. The number of para-hydroxylation sites is 1. The molecular weight excluding hydrogens is 258 g/mol. The van der Waals surface area contributed by atoms with Gasteiger partial charge in [0.1, 0.15) is 5.75 Å². The van der Waals surface area contributed by atoms with E-state index in [9.17, 15) is 9.59 Å². The molecule has 0 spiro atoms. The van der Waals surface area contributed by atoms with Crippen LogP contribution >= 0.6 is 0 Å². The Morgan fingerprint density at radius 2 is 1.85 bits per heavy atom. The molecule has 106 valence electrons. The molecule has 5 heteroatoms. The molecule has 0 heterocycles. The molecule has 0 bridgehead atoms. The van der Waals surface area contributed by atoms with E-state index in [1.807, 2.05) is 30.3 Å². The Morgan fingerprint density at radius 1 is 1.20 bits per heavy atom. The van der Waals surface area contributed by atoms with E-state index >= 15 is 0 Å². The summed E-state index contributed by atoms with van der Waals surface area (Å²) in [6, 6.07) is 9.26. The molecule has 1 aromatic carbocycles. The molecule has 2 saturated carbocycles. The van der Waals surface area contributed by atoms with E-state index in [2.05, 4.69) is 5.32 Å². The first-order valence-corrected chi connectivity index (χ1v) is 6.87. The maximum atomic E-state index is 12.2. The molecule has 2 aliphatic rings. The van der Waals surface area contributed by atoms with E-state index < -0.39 is 11.6 Å². The lowest BCUT2D eigenvalue weighted by Gasteiger charge is -2.34. The monoisotopic (exact) mass is 275 g/mol. The van der Waals surface area contributed by atoms with Crippen molar-refractivity contribution in [3.63, 3.8) is 0 Å². The molecule has 3 rings (SSSR count). The van der Waals surface area contributed by atoms with Crippen molar-refractivity contribution in [1.82, 2.24) is 5.32 Å². The zero-order valence-corrected chi connectivity index (χ0v) is 11.0. The summed E-state index contributed by atoms with van der Waals surface area (Å²) in [7, 11) is 0. The van der Waals surface area contributed by atoms with E-state index in [1.54, 1.807) is 0 Å². The topological polar surface area (TPSA) is 75.6 Å². The van der Waals surface area contributed by atoms with Crippen molar-refractivity contribution in [2.24, 2.45) is 5.92 Å². The van der Waals surface area contributed by atoms with Crippen molar-refractivity contribution >= 4 is 11.9 Å². The molecule has 5 nitrogen and oxygen atoms in total. The van der Waals surface area contributed by atoms with Crippen LogP contribution in [0, 0.1) is 5.92 Å². The van der Waals surface area contributed by atoms with Gasteiger partial charge in [-0.25, -0.2) is 0 Å². The summed E-state index contributed by atoms with van der Waals surface area (Å²) >= 11 is 0. The third-order valence-electron chi connectivity index (χ3n) is 4.00. The first kappa shape index (κ1) is 13.0. The summed E-state index contributed by atoms with van der Waals surface area (Å²) in [5.74, 6) is -0.518. The van der Waals surface area contributed by atoms with Crippen LogP contribution in [-0.2, 0) is 9.59 Å². The van der Waals surface area contributed by atoms with Crippen LogP contribution in [0.1, 0.15) is 25.7 Å². The maximum Gasteiger partial charge on any atom is 0.306 e. The van der Waals surface area contributed by atoms with Crippen LogP contribution in [0.5, 0.6) is 5.75 Å². The highest BCUT2D eigenvalue weighted by molar-refractivity contribution is 5.89. The summed E-state index contributed by atoms with van der Waals surface area (Å²) < 4.78 is 5.79. The Kier molecular flexibility index (Phi) is 3.12. The SMILES string of the molecule is O=C(O)C1CC(NC(=O)C2(Oc3ccccc3)CC2)C1. The predicted octanol–water partition coefficient (Wildman–Crippen LogP) is 1.58. The zero-order chi connectivity index (χ0) is 14.2. The summed E-state index contributed by atoms with van der Waals surface area (Å²) in [5.41, 5.74) is -0.740. The average molecular weight is 275 g/mol. The fourth-order valence-corrected chi connectivity index (χ4v) is 2.46. The lowest BCUT2D eigenvalue weighted by molar-refractivity contribution is -0.146. The Balaban J connectivity index is 1.54. The summed E-state index contributed by atoms with van der Waals surface area (Å²) in [4.78, 5) is 23.0. The maximum absolute atomic E-state index is 12.2. The van der Waals surface area contributed by atoms with Gasteiger partial charge in [-0.3, -0.25) is 9.59 Å². The van der Waals surface area contributed by atoms with Crippen LogP contribution in [0.15, 0.2) is 30.3 Å². The molecule has 0 saturated heterocycles. The first-order chi connectivity index (χ1) is 9.59. The second kappa shape index (κ2) is 4.81. The number of aliphatic carboxylic acids is 1. The van der Waals surface area contributed by atoms with Gasteiger partial charge in [0, 0.05) is 18.9 Å². The number of hydrogen-bond donors (Lipinski definition) is 2. The number of carbonyl (C=O) groups is 2. The molecule has 0 atom stereocenters. The predicted molar refractivity (Wildman–Crippen MR) is 71.3 cm³/mol. The third-order valence-corrected chi connectivity index (χ3v) is 4.00. The van der Waals surface area contributed by atoms with E-state index in [0.717, 1.165) is 0 Å². The smallest absolute Gasteiger partial charge is 0.306 e. The molecule has 2 fully saturated rings. The molecule has 20 heavy (non-hydrogen) atoms. The van der Waals surface area contributed by atoms with Crippen LogP contribution in [0.2, 0.25) is 0 Å². The van der Waals surface area contributed by atoms with Crippen LogP contribution in [0.4, 0.5) is 0 Å². The van der Waals surface area contributed by atoms with Crippen LogP contribution in [0.25, 0.3) is 0 Å². The van der Waals surface area contributed by atoms with Crippen molar-refractivity contribution in [3.05, 3.63) is 30.3 Å². The number of rotatable bonds is 5. The Labute approximate surface area is 116 Å². The van der Waals surface area contributed by atoms with Crippen LogP contribution in [-0.4, -0.2) is 28.6 Å². The van der Waals surface area contributed by atoms with Gasteiger partial charge in [-0.2, -0.15) is 0 Å². The Bertz CT molecular complexity index is 518. The van der Waals surface area contributed by atoms with E-state index in [0.29, 0.717) is 31.4 Å². The number of amides is 1. The molecular formula is C15H17NO4. The summed E-state index contributed by atoms with van der Waals surface area (Å²) in [5, 5.41) is 11.7. The van der Waals surface area contributed by atoms with Gasteiger partial charge in [0.15, 0.2) is 5.60 Å². The van der Waals surface area contributed by atoms with E-state index in [1.165, 1.54) is 0 Å². The molecule has 2 aliphatic carbocycles.